The number of carbonyl (C=O) groups is 1. The van der Waals surface area contributed by atoms with Crippen molar-refractivity contribution >= 4 is 21.9 Å². The predicted molar refractivity (Wildman–Crippen MR) is 73.4 cm³/mol. The molecule has 0 amide bonds. The van der Waals surface area contributed by atoms with Crippen molar-refractivity contribution in [1.82, 2.24) is 5.32 Å². The zero-order valence-electron chi connectivity index (χ0n) is 10.6. The Hall–Kier alpha value is -1.27. The molecule has 1 heterocycles. The van der Waals surface area contributed by atoms with Gasteiger partial charge in [-0.2, -0.15) is 0 Å². The summed E-state index contributed by atoms with van der Waals surface area (Å²) in [6.45, 7) is 2.67. The van der Waals surface area contributed by atoms with Crippen molar-refractivity contribution in [2.75, 3.05) is 6.79 Å². The molecule has 6 heteroatoms. The van der Waals surface area contributed by atoms with E-state index in [4.69, 9.17) is 14.6 Å². The van der Waals surface area contributed by atoms with Crippen LogP contribution >= 0.6 is 15.9 Å². The molecular weight excluding hydrogens is 314 g/mol. The van der Waals surface area contributed by atoms with E-state index < -0.39 is 12.0 Å². The predicted octanol–water partition coefficient (Wildman–Crippen LogP) is 2.52. The minimum absolute atomic E-state index is 0.221. The lowest BCUT2D eigenvalue weighted by atomic mass is 10.1. The molecule has 2 N–H and O–H groups in total. The summed E-state index contributed by atoms with van der Waals surface area (Å²) in [6.07, 6.45) is 1.44. The van der Waals surface area contributed by atoms with E-state index >= 15 is 0 Å². The van der Waals surface area contributed by atoms with E-state index in [9.17, 15) is 4.79 Å². The monoisotopic (exact) mass is 329 g/mol. The van der Waals surface area contributed by atoms with Crippen molar-refractivity contribution in [3.63, 3.8) is 0 Å². The number of halogens is 1. The van der Waals surface area contributed by atoms with Crippen LogP contribution in [-0.4, -0.2) is 23.9 Å². The van der Waals surface area contributed by atoms with E-state index in [0.29, 0.717) is 24.5 Å². The van der Waals surface area contributed by atoms with Gasteiger partial charge in [-0.3, -0.25) is 4.79 Å². The van der Waals surface area contributed by atoms with Gasteiger partial charge < -0.3 is 19.9 Å². The molecule has 1 aliphatic heterocycles. The number of aliphatic carboxylic acids is 1. The van der Waals surface area contributed by atoms with E-state index in [-0.39, 0.29) is 6.79 Å². The first-order chi connectivity index (χ1) is 9.11. The van der Waals surface area contributed by atoms with E-state index in [2.05, 4.69) is 21.2 Å². The quantitative estimate of drug-likeness (QED) is 0.839. The number of nitrogens with one attached hydrogen (secondary N) is 1. The van der Waals surface area contributed by atoms with Crippen LogP contribution < -0.4 is 14.8 Å². The lowest BCUT2D eigenvalue weighted by Crippen LogP contribution is -2.35. The van der Waals surface area contributed by atoms with Crippen molar-refractivity contribution in [2.45, 2.75) is 32.4 Å². The Morgan fingerprint density at radius 2 is 2.32 bits per heavy atom. The number of fused-ring (bicyclic) bond motifs is 1. The van der Waals surface area contributed by atoms with Crippen LogP contribution in [0.3, 0.4) is 0 Å². The third kappa shape index (κ3) is 3.39. The Morgan fingerprint density at radius 1 is 1.53 bits per heavy atom. The van der Waals surface area contributed by atoms with Crippen LogP contribution in [0, 0.1) is 0 Å². The summed E-state index contributed by atoms with van der Waals surface area (Å²) in [7, 11) is 0. The molecule has 0 saturated carbocycles. The second-order valence-electron chi connectivity index (χ2n) is 4.37. The fourth-order valence-electron chi connectivity index (χ4n) is 1.97. The summed E-state index contributed by atoms with van der Waals surface area (Å²) >= 11 is 3.42. The van der Waals surface area contributed by atoms with Gasteiger partial charge >= 0.3 is 5.97 Å². The lowest BCUT2D eigenvalue weighted by molar-refractivity contribution is -0.139. The number of carboxylic acids is 1. The van der Waals surface area contributed by atoms with Gasteiger partial charge in [-0.05, 0) is 40.0 Å². The first kappa shape index (κ1) is 14.1. The van der Waals surface area contributed by atoms with Crippen LogP contribution in [0.4, 0.5) is 0 Å². The van der Waals surface area contributed by atoms with Gasteiger partial charge in [0.25, 0.3) is 0 Å². The maximum absolute atomic E-state index is 11.0. The standard InChI is InChI=1S/C13H16BrNO4/c1-2-3-10(13(16)17)15-6-8-4-9(14)12-11(5-8)18-7-19-12/h4-5,10,15H,2-3,6-7H2,1H3,(H,16,17). The second kappa shape index (κ2) is 6.25. The molecule has 1 atom stereocenters. The number of ether oxygens (including phenoxy) is 2. The zero-order chi connectivity index (χ0) is 13.8. The highest BCUT2D eigenvalue weighted by Crippen LogP contribution is 2.39. The summed E-state index contributed by atoms with van der Waals surface area (Å²) in [4.78, 5) is 11.0. The van der Waals surface area contributed by atoms with Crippen LogP contribution in [0.25, 0.3) is 0 Å². The number of benzene rings is 1. The van der Waals surface area contributed by atoms with Crippen molar-refractivity contribution < 1.29 is 19.4 Å². The van der Waals surface area contributed by atoms with Gasteiger partial charge in [0.2, 0.25) is 6.79 Å². The zero-order valence-corrected chi connectivity index (χ0v) is 12.2. The summed E-state index contributed by atoms with van der Waals surface area (Å²) < 4.78 is 11.4. The summed E-state index contributed by atoms with van der Waals surface area (Å²) in [6, 6.07) is 3.25. The summed E-state index contributed by atoms with van der Waals surface area (Å²) in [5, 5.41) is 12.1. The molecule has 1 aromatic rings. The lowest BCUT2D eigenvalue weighted by Gasteiger charge is -2.14. The summed E-state index contributed by atoms with van der Waals surface area (Å²) in [5.41, 5.74) is 0.957. The normalized spacial score (nSPS) is 14.4. The van der Waals surface area contributed by atoms with Crippen molar-refractivity contribution in [3.8, 4) is 11.5 Å². The molecule has 1 aromatic carbocycles. The Balaban J connectivity index is 2.03. The van der Waals surface area contributed by atoms with E-state index in [0.717, 1.165) is 16.5 Å². The van der Waals surface area contributed by atoms with E-state index in [1.165, 1.54) is 0 Å². The number of hydrogen-bond acceptors (Lipinski definition) is 4. The largest absolute Gasteiger partial charge is 0.480 e. The minimum Gasteiger partial charge on any atom is -0.480 e. The molecule has 1 aliphatic rings. The molecule has 0 aliphatic carbocycles. The van der Waals surface area contributed by atoms with Crippen molar-refractivity contribution in [2.24, 2.45) is 0 Å². The molecule has 0 fully saturated rings. The Kier molecular flexibility index (Phi) is 4.66. The van der Waals surface area contributed by atoms with E-state index in [1.807, 2.05) is 19.1 Å². The maximum atomic E-state index is 11.0. The van der Waals surface area contributed by atoms with Gasteiger partial charge in [-0.1, -0.05) is 13.3 Å². The average Bonchev–Trinajstić information content (AvgIpc) is 2.82. The van der Waals surface area contributed by atoms with E-state index in [1.54, 1.807) is 0 Å². The molecule has 19 heavy (non-hydrogen) atoms. The van der Waals surface area contributed by atoms with Gasteiger partial charge in [-0.15, -0.1) is 0 Å². The maximum Gasteiger partial charge on any atom is 0.320 e. The highest BCUT2D eigenvalue weighted by molar-refractivity contribution is 9.10. The number of rotatable bonds is 6. The van der Waals surface area contributed by atoms with Crippen LogP contribution in [0.1, 0.15) is 25.3 Å². The molecule has 5 nitrogen and oxygen atoms in total. The Bertz CT molecular complexity index is 478. The topological polar surface area (TPSA) is 67.8 Å². The molecule has 0 bridgehead atoms. The van der Waals surface area contributed by atoms with Crippen LogP contribution in [0.15, 0.2) is 16.6 Å². The molecular formula is C13H16BrNO4. The number of hydrogen-bond donors (Lipinski definition) is 2. The highest BCUT2D eigenvalue weighted by Gasteiger charge is 2.19. The third-order valence-corrected chi connectivity index (χ3v) is 3.50. The fourth-order valence-corrected chi connectivity index (χ4v) is 2.57. The smallest absolute Gasteiger partial charge is 0.320 e. The molecule has 104 valence electrons. The molecule has 0 spiro atoms. The van der Waals surface area contributed by atoms with Gasteiger partial charge in [0.15, 0.2) is 11.5 Å². The van der Waals surface area contributed by atoms with Crippen LogP contribution in [0.5, 0.6) is 11.5 Å². The summed E-state index contributed by atoms with van der Waals surface area (Å²) in [5.74, 6) is 0.572. The average molecular weight is 330 g/mol. The highest BCUT2D eigenvalue weighted by atomic mass is 79.9. The van der Waals surface area contributed by atoms with Crippen molar-refractivity contribution in [3.05, 3.63) is 22.2 Å². The molecule has 2 rings (SSSR count). The molecule has 0 aromatic heterocycles. The molecule has 1 unspecified atom stereocenters. The van der Waals surface area contributed by atoms with Gasteiger partial charge in [0.1, 0.15) is 6.04 Å². The Morgan fingerprint density at radius 3 is 3.00 bits per heavy atom. The Labute approximate surface area is 120 Å². The molecule has 0 saturated heterocycles. The van der Waals surface area contributed by atoms with Crippen LogP contribution in [-0.2, 0) is 11.3 Å². The van der Waals surface area contributed by atoms with Gasteiger partial charge in [0, 0.05) is 6.54 Å². The van der Waals surface area contributed by atoms with Gasteiger partial charge in [-0.25, -0.2) is 0 Å². The second-order valence-corrected chi connectivity index (χ2v) is 5.23. The molecule has 0 radical (unpaired) electrons. The fraction of sp³-hybridized carbons (Fsp3) is 0.462. The SMILES string of the molecule is CCCC(NCc1cc(Br)c2c(c1)OCO2)C(=O)O. The van der Waals surface area contributed by atoms with Crippen molar-refractivity contribution in [1.29, 1.82) is 0 Å². The number of carboxylic acid groups (broad SMARTS) is 1. The van der Waals surface area contributed by atoms with Gasteiger partial charge in [0.05, 0.1) is 4.47 Å². The first-order valence-electron chi connectivity index (χ1n) is 6.16. The third-order valence-electron chi connectivity index (χ3n) is 2.92. The minimum atomic E-state index is -0.818. The first-order valence-corrected chi connectivity index (χ1v) is 6.95. The van der Waals surface area contributed by atoms with Crippen LogP contribution in [0.2, 0.25) is 0 Å².